The number of carbonyl (C=O) groups is 1. The molecule has 0 aliphatic heterocycles. The van der Waals surface area contributed by atoms with Gasteiger partial charge in [0.1, 0.15) is 6.04 Å². The van der Waals surface area contributed by atoms with Crippen LogP contribution in [0.4, 0.5) is 0 Å². The minimum atomic E-state index is -0.400. The average molecular weight is 262 g/mol. The van der Waals surface area contributed by atoms with Crippen LogP contribution in [0.25, 0.3) is 0 Å². The Morgan fingerprint density at radius 3 is 2.21 bits per heavy atom. The molecule has 2 atom stereocenters. The average Bonchev–Trinajstić information content (AvgIpc) is 2.35. The summed E-state index contributed by atoms with van der Waals surface area (Å²) in [6.45, 7) is 8.54. The number of nitrogens with one attached hydrogen (secondary N) is 1. The zero-order chi connectivity index (χ0) is 14.4. The van der Waals surface area contributed by atoms with Gasteiger partial charge in [-0.2, -0.15) is 0 Å². The third-order valence-corrected chi connectivity index (χ3v) is 3.31. The molecule has 0 aromatic heterocycles. The van der Waals surface area contributed by atoms with Gasteiger partial charge in [0.25, 0.3) is 0 Å². The third kappa shape index (κ3) is 5.03. The lowest BCUT2D eigenvalue weighted by Gasteiger charge is -2.20. The summed E-state index contributed by atoms with van der Waals surface area (Å²) in [6, 6.07) is 8.05. The Labute approximate surface area is 116 Å². The van der Waals surface area contributed by atoms with Gasteiger partial charge in [0.15, 0.2) is 0 Å². The van der Waals surface area contributed by atoms with Gasteiger partial charge in [0.2, 0.25) is 5.91 Å². The molecule has 0 aliphatic carbocycles. The molecule has 3 heteroatoms. The van der Waals surface area contributed by atoms with Gasteiger partial charge >= 0.3 is 0 Å². The van der Waals surface area contributed by atoms with E-state index in [2.05, 4.69) is 45.1 Å². The number of carbonyl (C=O) groups excluding carboxylic acids is 1. The molecule has 19 heavy (non-hydrogen) atoms. The predicted octanol–water partition coefficient (Wildman–Crippen LogP) is 2.80. The topological polar surface area (TPSA) is 55.1 Å². The Morgan fingerprint density at radius 1 is 1.21 bits per heavy atom. The molecule has 0 fully saturated rings. The first-order chi connectivity index (χ1) is 8.93. The molecule has 1 amide bonds. The highest BCUT2D eigenvalue weighted by molar-refractivity contribution is 5.81. The van der Waals surface area contributed by atoms with E-state index >= 15 is 0 Å². The zero-order valence-electron chi connectivity index (χ0n) is 12.4. The fraction of sp³-hybridized carbons (Fsp3) is 0.562. The van der Waals surface area contributed by atoms with E-state index < -0.39 is 6.04 Å². The van der Waals surface area contributed by atoms with Crippen LogP contribution in [-0.2, 0) is 11.2 Å². The van der Waals surface area contributed by atoms with Crippen LogP contribution in [0.2, 0.25) is 0 Å². The minimum absolute atomic E-state index is 0.271. The molecule has 3 nitrogen and oxygen atoms in total. The van der Waals surface area contributed by atoms with Crippen molar-refractivity contribution in [3.63, 3.8) is 0 Å². The Hall–Kier alpha value is -1.35. The lowest BCUT2D eigenvalue weighted by atomic mass is 9.98. The Kier molecular flexibility index (Phi) is 6.03. The van der Waals surface area contributed by atoms with Crippen molar-refractivity contribution in [2.24, 2.45) is 11.7 Å². The van der Waals surface area contributed by atoms with Crippen molar-refractivity contribution in [2.45, 2.75) is 52.6 Å². The largest absolute Gasteiger partial charge is 0.368 e. The second-order valence-corrected chi connectivity index (χ2v) is 5.65. The molecule has 0 bridgehead atoms. The number of hydrogen-bond acceptors (Lipinski definition) is 2. The van der Waals surface area contributed by atoms with Gasteiger partial charge in [0, 0.05) is 6.04 Å². The van der Waals surface area contributed by atoms with Crippen molar-refractivity contribution in [2.75, 3.05) is 0 Å². The number of nitrogens with two attached hydrogens (primary N) is 1. The zero-order valence-corrected chi connectivity index (χ0v) is 12.4. The summed E-state index contributed by atoms with van der Waals surface area (Å²) < 4.78 is 0. The second-order valence-electron chi connectivity index (χ2n) is 5.65. The molecule has 106 valence electrons. The van der Waals surface area contributed by atoms with Crippen LogP contribution in [0.15, 0.2) is 24.3 Å². The molecule has 0 spiro atoms. The molecule has 0 aliphatic rings. The number of primary amides is 1. The van der Waals surface area contributed by atoms with E-state index in [0.717, 1.165) is 18.4 Å². The highest BCUT2D eigenvalue weighted by Crippen LogP contribution is 2.16. The maximum Gasteiger partial charge on any atom is 0.239 e. The van der Waals surface area contributed by atoms with Gasteiger partial charge in [0.05, 0.1) is 0 Å². The lowest BCUT2D eigenvalue weighted by molar-refractivity contribution is -0.120. The number of amides is 1. The van der Waals surface area contributed by atoms with Crippen LogP contribution in [-0.4, -0.2) is 11.9 Å². The van der Waals surface area contributed by atoms with Crippen molar-refractivity contribution in [3.8, 4) is 0 Å². The normalized spacial score (nSPS) is 14.4. The fourth-order valence-corrected chi connectivity index (χ4v) is 2.06. The summed E-state index contributed by atoms with van der Waals surface area (Å²) in [6.07, 6.45) is 2.02. The van der Waals surface area contributed by atoms with E-state index in [1.807, 2.05) is 12.1 Å². The highest BCUT2D eigenvalue weighted by atomic mass is 16.1. The molecule has 3 N–H and O–H groups in total. The molecule has 1 aromatic carbocycles. The van der Waals surface area contributed by atoms with E-state index in [0.29, 0.717) is 5.92 Å². The van der Waals surface area contributed by atoms with Crippen LogP contribution in [0.1, 0.15) is 51.3 Å². The molecule has 0 saturated heterocycles. The molecular formula is C16H26N2O. The lowest BCUT2D eigenvalue weighted by Crippen LogP contribution is -2.38. The Morgan fingerprint density at radius 2 is 1.79 bits per heavy atom. The first kappa shape index (κ1) is 15.7. The first-order valence-electron chi connectivity index (χ1n) is 7.08. The van der Waals surface area contributed by atoms with Crippen molar-refractivity contribution < 1.29 is 4.79 Å². The molecule has 1 aromatic rings. The summed E-state index contributed by atoms with van der Waals surface area (Å²) in [4.78, 5) is 11.6. The van der Waals surface area contributed by atoms with Crippen molar-refractivity contribution >= 4 is 5.91 Å². The maximum absolute atomic E-state index is 11.6. The van der Waals surface area contributed by atoms with Crippen LogP contribution in [0.5, 0.6) is 0 Å². The second kappa shape index (κ2) is 7.29. The Bertz CT molecular complexity index is 398. The fourth-order valence-electron chi connectivity index (χ4n) is 2.06. The molecule has 0 saturated carbocycles. The van der Waals surface area contributed by atoms with E-state index in [1.54, 1.807) is 0 Å². The molecule has 2 unspecified atom stereocenters. The van der Waals surface area contributed by atoms with Gasteiger partial charge in [-0.25, -0.2) is 0 Å². The van der Waals surface area contributed by atoms with E-state index in [1.165, 1.54) is 5.56 Å². The van der Waals surface area contributed by atoms with Crippen LogP contribution >= 0.6 is 0 Å². The van der Waals surface area contributed by atoms with Gasteiger partial charge in [-0.1, -0.05) is 45.0 Å². The van der Waals surface area contributed by atoms with E-state index in [9.17, 15) is 4.79 Å². The maximum atomic E-state index is 11.6. The summed E-state index contributed by atoms with van der Waals surface area (Å²) in [5.41, 5.74) is 7.73. The van der Waals surface area contributed by atoms with E-state index in [4.69, 9.17) is 5.73 Å². The summed E-state index contributed by atoms with van der Waals surface area (Å²) in [5.74, 6) is 0.313. The standard InChI is InChI=1S/C16H26N2O/c1-5-12(4)18-15(16(17)19)14-8-6-13(7-9-14)10-11(2)3/h6-9,11-12,15,18H,5,10H2,1-4H3,(H2,17,19). The smallest absolute Gasteiger partial charge is 0.239 e. The molecular weight excluding hydrogens is 236 g/mol. The third-order valence-electron chi connectivity index (χ3n) is 3.31. The van der Waals surface area contributed by atoms with Gasteiger partial charge < -0.3 is 5.73 Å². The summed E-state index contributed by atoms with van der Waals surface area (Å²) in [5, 5.41) is 3.27. The number of rotatable bonds is 7. The van der Waals surface area contributed by atoms with Crippen molar-refractivity contribution in [1.29, 1.82) is 0 Å². The minimum Gasteiger partial charge on any atom is -0.368 e. The van der Waals surface area contributed by atoms with Gasteiger partial charge in [-0.3, -0.25) is 10.1 Å². The Balaban J connectivity index is 2.82. The van der Waals surface area contributed by atoms with Crippen molar-refractivity contribution in [1.82, 2.24) is 5.32 Å². The molecule has 1 rings (SSSR count). The monoisotopic (exact) mass is 262 g/mol. The quantitative estimate of drug-likeness (QED) is 0.794. The van der Waals surface area contributed by atoms with Crippen molar-refractivity contribution in [3.05, 3.63) is 35.4 Å². The van der Waals surface area contributed by atoms with Gasteiger partial charge in [-0.05, 0) is 36.8 Å². The first-order valence-corrected chi connectivity index (χ1v) is 7.08. The molecule has 0 heterocycles. The SMILES string of the molecule is CCC(C)NC(C(N)=O)c1ccc(CC(C)C)cc1. The van der Waals surface area contributed by atoms with Gasteiger partial charge in [-0.15, -0.1) is 0 Å². The highest BCUT2D eigenvalue weighted by Gasteiger charge is 2.19. The number of hydrogen-bond donors (Lipinski definition) is 2. The van der Waals surface area contributed by atoms with E-state index in [-0.39, 0.29) is 11.9 Å². The number of benzene rings is 1. The van der Waals surface area contributed by atoms with Crippen LogP contribution < -0.4 is 11.1 Å². The molecule has 0 radical (unpaired) electrons. The summed E-state index contributed by atoms with van der Waals surface area (Å²) >= 11 is 0. The predicted molar refractivity (Wildman–Crippen MR) is 79.8 cm³/mol. The summed E-state index contributed by atoms with van der Waals surface area (Å²) in [7, 11) is 0. The van der Waals surface area contributed by atoms with Crippen LogP contribution in [0.3, 0.4) is 0 Å². The van der Waals surface area contributed by atoms with Crippen LogP contribution in [0, 0.1) is 5.92 Å².